The van der Waals surface area contributed by atoms with Crippen LogP contribution in [0, 0.1) is 5.92 Å². The topological polar surface area (TPSA) is 217 Å². The van der Waals surface area contributed by atoms with Gasteiger partial charge in [0.1, 0.15) is 5.69 Å². The zero-order valence-corrected chi connectivity index (χ0v) is 29.3. The molecule has 0 saturated heterocycles. The molecule has 0 fully saturated rings. The van der Waals surface area contributed by atoms with Crippen LogP contribution >= 0.6 is 0 Å². The van der Waals surface area contributed by atoms with Crippen LogP contribution in [0.2, 0.25) is 0 Å². The number of rotatable bonds is 12. The molecule has 0 saturated carbocycles. The van der Waals surface area contributed by atoms with Crippen LogP contribution in [-0.2, 0) is 14.8 Å². The molecular formula is C36H42N8O6S. The van der Waals surface area contributed by atoms with Gasteiger partial charge in [-0.3, -0.25) is 14.8 Å². The number of anilines is 3. The summed E-state index contributed by atoms with van der Waals surface area (Å²) in [4.78, 5) is 11.5. The minimum absolute atomic E-state index is 0.0533. The molecule has 268 valence electrons. The molecule has 0 radical (unpaired) electrons. The van der Waals surface area contributed by atoms with Crippen molar-refractivity contribution in [3.05, 3.63) is 110 Å². The lowest BCUT2D eigenvalue weighted by atomic mass is 10.1. The third-order valence-corrected chi connectivity index (χ3v) is 8.45. The molecule has 3 aromatic heterocycles. The second-order valence-electron chi connectivity index (χ2n) is 11.6. The fraction of sp³-hybridized carbons (Fsp3) is 0.222. The van der Waals surface area contributed by atoms with Crippen molar-refractivity contribution in [3.8, 4) is 33.6 Å². The number of sulfonamides is 1. The quantitative estimate of drug-likeness (QED) is 0.0975. The third kappa shape index (κ3) is 11.7. The van der Waals surface area contributed by atoms with Crippen LogP contribution in [0.25, 0.3) is 33.6 Å². The summed E-state index contributed by atoms with van der Waals surface area (Å²) in [6, 6.07) is 28.2. The van der Waals surface area contributed by atoms with E-state index < -0.39 is 16.1 Å². The SMILES string of the molecule is CC(C)CS(=O)(=O)Nc1cnoc1-c1ccccc1.CC(N)C(=O)Nc1oncc1-c1ccccc1.NCCNc1oncc1-c1ccccc1. The standard InChI is InChI=1S/C13H16N2O3S.C12H13N3O2.C11H13N3O/c1-10(2)9-19(16,17)15-12-8-14-18-13(12)11-6-4-3-5-7-11;1-8(13)11(16)15-12-10(7-14-17-12)9-5-3-2-4-6-9;12-6-7-13-11-10(8-14-15-11)9-4-2-1-3-5-9/h3-8,10,15H,9H2,1-2H3;2-8H,13H2,1H3,(H,15,16);1-5,8,13H,6-7,12H2. The number of hydrogen-bond acceptors (Lipinski definition) is 12. The fourth-order valence-electron chi connectivity index (χ4n) is 4.51. The number of benzene rings is 3. The van der Waals surface area contributed by atoms with Crippen LogP contribution in [0.15, 0.2) is 123 Å². The molecule has 51 heavy (non-hydrogen) atoms. The van der Waals surface area contributed by atoms with Crippen LogP contribution in [-0.4, -0.2) is 54.7 Å². The molecule has 3 aromatic carbocycles. The van der Waals surface area contributed by atoms with Crippen molar-refractivity contribution >= 4 is 33.4 Å². The lowest BCUT2D eigenvalue weighted by Gasteiger charge is -2.09. The van der Waals surface area contributed by atoms with Crippen LogP contribution in [0.3, 0.4) is 0 Å². The van der Waals surface area contributed by atoms with Crippen molar-refractivity contribution < 1.29 is 26.8 Å². The molecule has 6 rings (SSSR count). The summed E-state index contributed by atoms with van der Waals surface area (Å²) >= 11 is 0. The molecule has 1 unspecified atom stereocenters. The van der Waals surface area contributed by atoms with Gasteiger partial charge in [0.15, 0.2) is 5.76 Å². The second-order valence-corrected chi connectivity index (χ2v) is 13.3. The minimum atomic E-state index is -3.38. The Hall–Kier alpha value is -5.77. The third-order valence-electron chi connectivity index (χ3n) is 6.82. The summed E-state index contributed by atoms with van der Waals surface area (Å²) in [7, 11) is -3.38. The molecule has 1 amide bonds. The van der Waals surface area contributed by atoms with E-state index in [0.29, 0.717) is 36.3 Å². The van der Waals surface area contributed by atoms with Crippen LogP contribution in [0.4, 0.5) is 17.5 Å². The van der Waals surface area contributed by atoms with E-state index in [0.717, 1.165) is 27.8 Å². The highest BCUT2D eigenvalue weighted by Crippen LogP contribution is 2.29. The molecule has 0 bridgehead atoms. The number of nitrogens with zero attached hydrogens (tertiary/aromatic N) is 3. The first-order chi connectivity index (χ1) is 24.6. The number of carbonyl (C=O) groups is 1. The summed E-state index contributed by atoms with van der Waals surface area (Å²) in [6.45, 7) is 6.55. The van der Waals surface area contributed by atoms with Gasteiger partial charge in [0, 0.05) is 18.7 Å². The Bertz CT molecular complexity index is 2010. The number of hydrogen-bond donors (Lipinski definition) is 5. The Labute approximate surface area is 296 Å². The molecule has 6 aromatic rings. The van der Waals surface area contributed by atoms with Crippen molar-refractivity contribution in [2.75, 3.05) is 34.2 Å². The zero-order valence-electron chi connectivity index (χ0n) is 28.5. The molecular weight excluding hydrogens is 673 g/mol. The Morgan fingerprint density at radius 3 is 1.73 bits per heavy atom. The first-order valence-corrected chi connectivity index (χ1v) is 17.7. The second kappa shape index (κ2) is 18.8. The maximum atomic E-state index is 11.9. The van der Waals surface area contributed by atoms with E-state index in [9.17, 15) is 13.2 Å². The van der Waals surface area contributed by atoms with Crippen molar-refractivity contribution in [1.29, 1.82) is 0 Å². The van der Waals surface area contributed by atoms with Gasteiger partial charge in [0.25, 0.3) is 0 Å². The molecule has 0 aliphatic rings. The number of nitrogens with one attached hydrogen (secondary N) is 3. The fourth-order valence-corrected chi connectivity index (χ4v) is 5.95. The molecule has 7 N–H and O–H groups in total. The smallest absolute Gasteiger partial charge is 0.243 e. The number of aromatic nitrogens is 3. The minimum Gasteiger partial charge on any atom is -0.354 e. The van der Waals surface area contributed by atoms with E-state index in [-0.39, 0.29) is 17.6 Å². The van der Waals surface area contributed by atoms with Crippen LogP contribution in [0.5, 0.6) is 0 Å². The van der Waals surface area contributed by atoms with Crippen molar-refractivity contribution in [2.24, 2.45) is 17.4 Å². The highest BCUT2D eigenvalue weighted by Gasteiger charge is 2.19. The van der Waals surface area contributed by atoms with Crippen molar-refractivity contribution in [2.45, 2.75) is 26.8 Å². The maximum Gasteiger partial charge on any atom is 0.243 e. The van der Waals surface area contributed by atoms with E-state index in [1.54, 1.807) is 19.3 Å². The summed E-state index contributed by atoms with van der Waals surface area (Å²) < 4.78 is 41.6. The molecule has 3 heterocycles. The molecule has 15 heteroatoms. The molecule has 0 aliphatic heterocycles. The normalized spacial score (nSPS) is 11.4. The number of carbonyl (C=O) groups excluding carboxylic acids is 1. The van der Waals surface area contributed by atoms with Crippen LogP contribution in [0.1, 0.15) is 20.8 Å². The molecule has 0 aliphatic carbocycles. The van der Waals surface area contributed by atoms with Gasteiger partial charge in [-0.2, -0.15) is 0 Å². The summed E-state index contributed by atoms with van der Waals surface area (Å²) in [5.41, 5.74) is 15.7. The first kappa shape index (κ1) is 38.0. The summed E-state index contributed by atoms with van der Waals surface area (Å²) in [6.07, 6.45) is 4.64. The van der Waals surface area contributed by atoms with E-state index in [1.165, 1.54) is 6.20 Å². The van der Waals surface area contributed by atoms with Gasteiger partial charge in [-0.25, -0.2) is 8.42 Å². The van der Waals surface area contributed by atoms with Gasteiger partial charge in [-0.05, 0) is 24.0 Å². The molecule has 0 spiro atoms. The van der Waals surface area contributed by atoms with Gasteiger partial charge in [-0.15, -0.1) is 0 Å². The largest absolute Gasteiger partial charge is 0.354 e. The van der Waals surface area contributed by atoms with E-state index in [4.69, 9.17) is 25.0 Å². The lowest BCUT2D eigenvalue weighted by Crippen LogP contribution is -2.32. The van der Waals surface area contributed by atoms with Gasteiger partial charge >= 0.3 is 0 Å². The summed E-state index contributed by atoms with van der Waals surface area (Å²) in [5, 5.41) is 16.8. The van der Waals surface area contributed by atoms with E-state index in [2.05, 4.69) is 30.8 Å². The van der Waals surface area contributed by atoms with Crippen LogP contribution < -0.4 is 26.8 Å². The first-order valence-electron chi connectivity index (χ1n) is 16.1. The van der Waals surface area contributed by atoms with Crippen molar-refractivity contribution in [1.82, 2.24) is 15.5 Å². The predicted molar refractivity (Wildman–Crippen MR) is 198 cm³/mol. The van der Waals surface area contributed by atoms with Gasteiger partial charge in [0.05, 0.1) is 41.5 Å². The predicted octanol–water partition coefficient (Wildman–Crippen LogP) is 6.08. The van der Waals surface area contributed by atoms with Gasteiger partial charge < -0.3 is 30.4 Å². The Morgan fingerprint density at radius 1 is 0.725 bits per heavy atom. The highest BCUT2D eigenvalue weighted by molar-refractivity contribution is 7.92. The Kier molecular flexibility index (Phi) is 14.1. The average molecular weight is 715 g/mol. The van der Waals surface area contributed by atoms with E-state index >= 15 is 0 Å². The van der Waals surface area contributed by atoms with Gasteiger partial charge in [-0.1, -0.05) is 120 Å². The number of amides is 1. The van der Waals surface area contributed by atoms with E-state index in [1.807, 2.05) is 105 Å². The number of nitrogens with two attached hydrogens (primary N) is 2. The van der Waals surface area contributed by atoms with Crippen molar-refractivity contribution in [3.63, 3.8) is 0 Å². The highest BCUT2D eigenvalue weighted by atomic mass is 32.2. The summed E-state index contributed by atoms with van der Waals surface area (Å²) in [5.74, 6) is 1.22. The zero-order chi connectivity index (χ0) is 36.6. The molecule has 14 nitrogen and oxygen atoms in total. The molecule has 1 atom stereocenters. The lowest BCUT2D eigenvalue weighted by molar-refractivity contribution is -0.117. The average Bonchev–Trinajstić information content (AvgIpc) is 3.90. The maximum absolute atomic E-state index is 11.9. The van der Waals surface area contributed by atoms with Gasteiger partial charge in [0.2, 0.25) is 27.7 Å². The Morgan fingerprint density at radius 2 is 1.22 bits per heavy atom. The monoisotopic (exact) mass is 714 g/mol. The Balaban J connectivity index is 0.000000173.